The summed E-state index contributed by atoms with van der Waals surface area (Å²) in [5.74, 6) is 0. The van der Waals surface area contributed by atoms with Crippen LogP contribution in [0.4, 0.5) is 18.9 Å². The van der Waals surface area contributed by atoms with E-state index in [1.54, 1.807) is 6.07 Å². The summed E-state index contributed by atoms with van der Waals surface area (Å²) in [6.07, 6.45) is -2.92. The molecule has 5 heteroatoms. The van der Waals surface area contributed by atoms with Gasteiger partial charge in [0.2, 0.25) is 0 Å². The summed E-state index contributed by atoms with van der Waals surface area (Å²) in [6.45, 7) is 4.48. The lowest BCUT2D eigenvalue weighted by Gasteiger charge is -2.36. The molecule has 2 nitrogen and oxygen atoms in total. The third kappa shape index (κ3) is 3.62. The fourth-order valence-electron chi connectivity index (χ4n) is 2.43. The van der Waals surface area contributed by atoms with Gasteiger partial charge in [-0.2, -0.15) is 13.2 Å². The Labute approximate surface area is 111 Å². The van der Waals surface area contributed by atoms with Crippen molar-refractivity contribution in [2.24, 2.45) is 0 Å². The average molecular weight is 273 g/mol. The number of nitrogens with one attached hydrogen (secondary N) is 1. The molecule has 106 valence electrons. The van der Waals surface area contributed by atoms with Gasteiger partial charge < -0.3 is 10.1 Å². The number of benzene rings is 1. The maximum absolute atomic E-state index is 12.9. The number of hydrogen-bond acceptors (Lipinski definition) is 2. The molecule has 1 N–H and O–H groups in total. The maximum Gasteiger partial charge on any atom is 0.418 e. The van der Waals surface area contributed by atoms with Gasteiger partial charge in [0.25, 0.3) is 0 Å². The summed E-state index contributed by atoms with van der Waals surface area (Å²) in [5, 5.41) is 3.01. The van der Waals surface area contributed by atoms with Gasteiger partial charge in [-0.15, -0.1) is 0 Å². The largest absolute Gasteiger partial charge is 0.418 e. The molecule has 1 aliphatic heterocycles. The number of rotatable bonds is 2. The average Bonchev–Trinajstić information content (AvgIpc) is 2.26. The van der Waals surface area contributed by atoms with Gasteiger partial charge in [-0.3, -0.25) is 0 Å². The molecular weight excluding hydrogens is 255 g/mol. The Balaban J connectivity index is 2.15. The first-order valence-corrected chi connectivity index (χ1v) is 6.35. The van der Waals surface area contributed by atoms with E-state index >= 15 is 0 Å². The summed E-state index contributed by atoms with van der Waals surface area (Å²) in [4.78, 5) is 0. The van der Waals surface area contributed by atoms with Crippen molar-refractivity contribution in [3.05, 3.63) is 29.8 Å². The van der Waals surface area contributed by atoms with Crippen LogP contribution < -0.4 is 5.32 Å². The minimum absolute atomic E-state index is 0.00671. The Bertz CT molecular complexity index is 443. The van der Waals surface area contributed by atoms with Crippen molar-refractivity contribution >= 4 is 5.69 Å². The topological polar surface area (TPSA) is 21.3 Å². The molecule has 1 unspecified atom stereocenters. The first-order chi connectivity index (χ1) is 8.78. The van der Waals surface area contributed by atoms with Gasteiger partial charge >= 0.3 is 6.18 Å². The standard InChI is InChI=1S/C14H18F3NO/c1-13(2)9-10(7-8-19-13)18-12-6-4-3-5-11(12)14(15,16)17/h3-6,10,18H,7-9H2,1-2H3. The number of halogens is 3. The lowest BCUT2D eigenvalue weighted by molar-refractivity contribution is -0.137. The normalized spacial score (nSPS) is 23.1. The quantitative estimate of drug-likeness (QED) is 0.876. The molecule has 1 aromatic rings. The number of alkyl halides is 3. The Kier molecular flexibility index (Phi) is 3.76. The zero-order chi connectivity index (χ0) is 14.1. The van der Waals surface area contributed by atoms with Gasteiger partial charge in [-0.05, 0) is 38.8 Å². The van der Waals surface area contributed by atoms with Gasteiger partial charge in [-0.25, -0.2) is 0 Å². The number of hydrogen-bond donors (Lipinski definition) is 1. The maximum atomic E-state index is 12.9. The number of ether oxygens (including phenoxy) is 1. The van der Waals surface area contributed by atoms with Crippen LogP contribution in [0.3, 0.4) is 0 Å². The van der Waals surface area contributed by atoms with Crippen molar-refractivity contribution in [1.29, 1.82) is 0 Å². The van der Waals surface area contributed by atoms with E-state index in [4.69, 9.17) is 4.74 Å². The second-order valence-electron chi connectivity index (χ2n) is 5.49. The van der Waals surface area contributed by atoms with Gasteiger partial charge in [0, 0.05) is 18.3 Å². The summed E-state index contributed by atoms with van der Waals surface area (Å²) in [5.41, 5.74) is -0.750. The summed E-state index contributed by atoms with van der Waals surface area (Å²) in [6, 6.07) is 5.61. The van der Waals surface area contributed by atoms with Crippen LogP contribution >= 0.6 is 0 Å². The SMILES string of the molecule is CC1(C)CC(Nc2ccccc2C(F)(F)F)CCO1. The van der Waals surface area contributed by atoms with E-state index in [2.05, 4.69) is 5.32 Å². The van der Waals surface area contributed by atoms with E-state index in [9.17, 15) is 13.2 Å². The molecule has 1 atom stereocenters. The fourth-order valence-corrected chi connectivity index (χ4v) is 2.43. The van der Waals surface area contributed by atoms with Crippen molar-refractivity contribution < 1.29 is 17.9 Å². The Morgan fingerprint density at radius 1 is 1.26 bits per heavy atom. The first-order valence-electron chi connectivity index (χ1n) is 6.35. The lowest BCUT2D eigenvalue weighted by atomic mass is 9.93. The fraction of sp³-hybridized carbons (Fsp3) is 0.571. The van der Waals surface area contributed by atoms with Crippen molar-refractivity contribution in [1.82, 2.24) is 0 Å². The number of anilines is 1. The third-order valence-electron chi connectivity index (χ3n) is 3.29. The minimum atomic E-state index is -4.33. The van der Waals surface area contributed by atoms with Crippen LogP contribution in [0.1, 0.15) is 32.3 Å². The van der Waals surface area contributed by atoms with Crippen molar-refractivity contribution in [3.63, 3.8) is 0 Å². The lowest BCUT2D eigenvalue weighted by Crippen LogP contribution is -2.40. The van der Waals surface area contributed by atoms with Gasteiger partial charge in [0.1, 0.15) is 0 Å². The highest BCUT2D eigenvalue weighted by Crippen LogP contribution is 2.36. The molecule has 0 bridgehead atoms. The predicted molar refractivity (Wildman–Crippen MR) is 68.1 cm³/mol. The van der Waals surface area contributed by atoms with Crippen LogP contribution in [0.2, 0.25) is 0 Å². The molecule has 2 rings (SSSR count). The molecule has 0 radical (unpaired) electrons. The number of para-hydroxylation sites is 1. The van der Waals surface area contributed by atoms with Crippen LogP contribution in [0, 0.1) is 0 Å². The summed E-state index contributed by atoms with van der Waals surface area (Å²) in [7, 11) is 0. The Morgan fingerprint density at radius 2 is 1.95 bits per heavy atom. The molecule has 0 amide bonds. The minimum Gasteiger partial charge on any atom is -0.382 e. The molecule has 1 fully saturated rings. The second kappa shape index (κ2) is 5.04. The Morgan fingerprint density at radius 3 is 2.58 bits per heavy atom. The molecular formula is C14H18F3NO. The van der Waals surface area contributed by atoms with Crippen LogP contribution in [-0.2, 0) is 10.9 Å². The molecule has 19 heavy (non-hydrogen) atoms. The van der Waals surface area contributed by atoms with E-state index in [1.807, 2.05) is 13.8 Å². The van der Waals surface area contributed by atoms with Crippen molar-refractivity contribution in [2.75, 3.05) is 11.9 Å². The summed E-state index contributed by atoms with van der Waals surface area (Å²) < 4.78 is 44.2. The van der Waals surface area contributed by atoms with Gasteiger partial charge in [-0.1, -0.05) is 12.1 Å². The smallest absolute Gasteiger partial charge is 0.382 e. The molecule has 1 aliphatic rings. The molecule has 0 aliphatic carbocycles. The van der Waals surface area contributed by atoms with E-state index in [0.717, 1.165) is 12.5 Å². The molecule has 0 aromatic heterocycles. The van der Waals surface area contributed by atoms with Gasteiger partial charge in [0.15, 0.2) is 0 Å². The van der Waals surface area contributed by atoms with E-state index in [1.165, 1.54) is 12.1 Å². The van der Waals surface area contributed by atoms with Crippen molar-refractivity contribution in [2.45, 2.75) is 44.5 Å². The van der Waals surface area contributed by atoms with Crippen LogP contribution in [0.5, 0.6) is 0 Å². The Hall–Kier alpha value is -1.23. The highest BCUT2D eigenvalue weighted by atomic mass is 19.4. The van der Waals surface area contributed by atoms with Crippen LogP contribution in [0.25, 0.3) is 0 Å². The van der Waals surface area contributed by atoms with Crippen molar-refractivity contribution in [3.8, 4) is 0 Å². The molecule has 0 saturated carbocycles. The molecule has 1 aromatic carbocycles. The van der Waals surface area contributed by atoms with E-state index < -0.39 is 11.7 Å². The molecule has 1 saturated heterocycles. The van der Waals surface area contributed by atoms with Crippen LogP contribution in [-0.4, -0.2) is 18.2 Å². The monoisotopic (exact) mass is 273 g/mol. The van der Waals surface area contributed by atoms with Crippen LogP contribution in [0.15, 0.2) is 24.3 Å². The third-order valence-corrected chi connectivity index (χ3v) is 3.29. The molecule has 0 spiro atoms. The molecule has 1 heterocycles. The zero-order valence-electron chi connectivity index (χ0n) is 11.1. The first kappa shape index (κ1) is 14.2. The van der Waals surface area contributed by atoms with E-state index in [-0.39, 0.29) is 17.3 Å². The highest BCUT2D eigenvalue weighted by molar-refractivity contribution is 5.53. The zero-order valence-corrected chi connectivity index (χ0v) is 11.1. The highest BCUT2D eigenvalue weighted by Gasteiger charge is 2.35. The van der Waals surface area contributed by atoms with E-state index in [0.29, 0.717) is 13.0 Å². The summed E-state index contributed by atoms with van der Waals surface area (Å²) >= 11 is 0. The predicted octanol–water partition coefficient (Wildman–Crippen LogP) is 4.07. The second-order valence-corrected chi connectivity index (χ2v) is 5.49. The van der Waals surface area contributed by atoms with Gasteiger partial charge in [0.05, 0.1) is 11.2 Å².